The Bertz CT molecular complexity index is 906. The number of amides is 1. The first kappa shape index (κ1) is 20.9. The number of hydrogen-bond donors (Lipinski definition) is 6. The second-order valence-electron chi connectivity index (χ2n) is 6.29. The minimum absolute atomic E-state index is 0.0401. The first-order chi connectivity index (χ1) is 13.3. The van der Waals surface area contributed by atoms with Crippen LogP contribution in [0.15, 0.2) is 9.98 Å². The van der Waals surface area contributed by atoms with Gasteiger partial charge >= 0.3 is 27.5 Å². The zero-order valence-corrected chi connectivity index (χ0v) is 15.9. The summed E-state index contributed by atoms with van der Waals surface area (Å²) < 4.78 is 35.6. The standard InChI is InChI=1S/C10H15N5O12P2/c11-10-13-7-4(8(18)15(10)26-10)12-2-14(7)9-6(17)5(16)3(25-9)1-24-29(22,23)27-28(19,20)21/h3,5-6,9,16-17H,1-2,11H2,(H,22,23)(H2,19,20,21)/t3-,5-,6-,9-,10+,15?/m1/s1. The monoisotopic (exact) mass is 459 g/mol. The van der Waals surface area contributed by atoms with Crippen LogP contribution in [0.2, 0.25) is 0 Å². The van der Waals surface area contributed by atoms with E-state index in [1.165, 1.54) is 4.90 Å². The highest BCUT2D eigenvalue weighted by Gasteiger charge is 2.64. The Morgan fingerprint density at radius 2 is 1.97 bits per heavy atom. The van der Waals surface area contributed by atoms with Crippen LogP contribution >= 0.6 is 15.6 Å². The fourth-order valence-corrected chi connectivity index (χ4v) is 4.57. The molecule has 0 aromatic rings. The molecule has 19 heteroatoms. The molecule has 0 bridgehead atoms. The van der Waals surface area contributed by atoms with Gasteiger partial charge in [-0.3, -0.25) is 20.0 Å². The maximum absolute atomic E-state index is 12.1. The van der Waals surface area contributed by atoms with E-state index < -0.39 is 58.7 Å². The molecule has 1 unspecified atom stereocenters. The van der Waals surface area contributed by atoms with Gasteiger partial charge in [0.25, 0.3) is 0 Å². The molecule has 2 saturated heterocycles. The largest absolute Gasteiger partial charge is 0.481 e. The van der Waals surface area contributed by atoms with E-state index in [-0.39, 0.29) is 18.2 Å². The third-order valence-corrected chi connectivity index (χ3v) is 6.41. The molecule has 29 heavy (non-hydrogen) atoms. The highest BCUT2D eigenvalue weighted by atomic mass is 31.3. The van der Waals surface area contributed by atoms with E-state index >= 15 is 0 Å². The summed E-state index contributed by atoms with van der Waals surface area (Å²) in [6, 6.07) is 0. The molecule has 6 atom stereocenters. The van der Waals surface area contributed by atoms with Gasteiger partial charge in [-0.05, 0) is 0 Å². The number of nitrogens with zero attached hydrogens (tertiary/aromatic N) is 4. The van der Waals surface area contributed by atoms with Gasteiger partial charge in [-0.25, -0.2) is 9.13 Å². The molecule has 0 radical (unpaired) electrons. The molecule has 7 N–H and O–H groups in total. The second-order valence-corrected chi connectivity index (χ2v) is 9.12. The number of aliphatic imine (C=N–C) groups is 2. The maximum Gasteiger partial charge on any atom is 0.481 e. The van der Waals surface area contributed by atoms with E-state index in [1.807, 2.05) is 0 Å². The topological polar surface area (TPSA) is 250 Å². The van der Waals surface area contributed by atoms with Crippen LogP contribution < -0.4 is 5.73 Å². The van der Waals surface area contributed by atoms with Crippen LogP contribution in [-0.4, -0.2) is 96.1 Å². The van der Waals surface area contributed by atoms with Crippen molar-refractivity contribution in [3.63, 3.8) is 0 Å². The van der Waals surface area contributed by atoms with Crippen molar-refractivity contribution in [2.75, 3.05) is 13.3 Å². The van der Waals surface area contributed by atoms with Crippen LogP contribution in [-0.2, 0) is 32.3 Å². The lowest BCUT2D eigenvalue weighted by Gasteiger charge is -2.28. The number of phosphoric acid groups is 2. The van der Waals surface area contributed by atoms with Crippen molar-refractivity contribution in [1.29, 1.82) is 0 Å². The normalized spacial score (nSPS) is 38.3. The molecular weight excluding hydrogens is 444 g/mol. The highest BCUT2D eigenvalue weighted by Crippen LogP contribution is 2.57. The number of amidine groups is 1. The van der Waals surface area contributed by atoms with Crippen LogP contribution in [0.4, 0.5) is 0 Å². The number of phosphoric ester groups is 1. The number of carbonyl (C=O) groups is 1. The Morgan fingerprint density at radius 1 is 1.28 bits per heavy atom. The Morgan fingerprint density at radius 3 is 2.62 bits per heavy atom. The second kappa shape index (κ2) is 6.58. The zero-order chi connectivity index (χ0) is 21.4. The molecule has 1 amide bonds. The average Bonchev–Trinajstić information content (AvgIpc) is 2.97. The van der Waals surface area contributed by atoms with Crippen molar-refractivity contribution in [3.8, 4) is 0 Å². The van der Waals surface area contributed by atoms with Gasteiger partial charge in [0.15, 0.2) is 17.8 Å². The third-order valence-electron chi connectivity index (χ3n) is 4.26. The Labute approximate surface area is 160 Å². The fraction of sp³-hybridized carbons (Fsp3) is 0.700. The number of aliphatic hydroxyl groups is 2. The first-order valence-corrected chi connectivity index (χ1v) is 10.8. The quantitative estimate of drug-likeness (QED) is 0.164. The van der Waals surface area contributed by atoms with Gasteiger partial charge in [-0.15, -0.1) is 5.06 Å². The summed E-state index contributed by atoms with van der Waals surface area (Å²) in [4.78, 5) is 52.6. The number of hydroxylamine groups is 2. The van der Waals surface area contributed by atoms with E-state index in [4.69, 9.17) is 25.1 Å². The molecule has 0 spiro atoms. The molecule has 4 rings (SSSR count). The van der Waals surface area contributed by atoms with Crippen LogP contribution in [0.5, 0.6) is 0 Å². The van der Waals surface area contributed by atoms with Crippen LogP contribution in [0, 0.1) is 0 Å². The fourth-order valence-electron chi connectivity index (χ4n) is 2.97. The summed E-state index contributed by atoms with van der Waals surface area (Å²) in [7, 11) is -10.5. The summed E-state index contributed by atoms with van der Waals surface area (Å²) in [5.41, 5.74) is 5.60. The van der Waals surface area contributed by atoms with E-state index in [9.17, 15) is 29.0 Å². The number of rotatable bonds is 6. The Kier molecular flexibility index (Phi) is 4.75. The lowest BCUT2D eigenvalue weighted by Crippen LogP contribution is -2.52. The minimum Gasteiger partial charge on any atom is -0.387 e. The molecule has 4 heterocycles. The lowest BCUT2D eigenvalue weighted by molar-refractivity contribution is -0.124. The van der Waals surface area contributed by atoms with E-state index in [0.717, 1.165) is 5.06 Å². The van der Waals surface area contributed by atoms with Gasteiger partial charge in [-0.1, -0.05) is 0 Å². The van der Waals surface area contributed by atoms with Crippen molar-refractivity contribution < 1.29 is 57.2 Å². The number of nitrogens with two attached hydrogens (primary N) is 1. The third kappa shape index (κ3) is 3.76. The molecule has 17 nitrogen and oxygen atoms in total. The molecule has 4 aliphatic heterocycles. The summed E-state index contributed by atoms with van der Waals surface area (Å²) in [6.07, 6.45) is -5.94. The average molecular weight is 459 g/mol. The molecule has 0 aromatic carbocycles. The van der Waals surface area contributed by atoms with E-state index in [1.54, 1.807) is 0 Å². The van der Waals surface area contributed by atoms with Gasteiger partial charge in [0, 0.05) is 0 Å². The van der Waals surface area contributed by atoms with Crippen molar-refractivity contribution in [3.05, 3.63) is 0 Å². The Hall–Kier alpha value is -1.33. The number of ether oxygens (including phenoxy) is 1. The van der Waals surface area contributed by atoms with Crippen LogP contribution in [0.25, 0.3) is 0 Å². The number of carbonyl (C=O) groups excluding carboxylic acids is 1. The van der Waals surface area contributed by atoms with Crippen molar-refractivity contribution in [2.45, 2.75) is 30.5 Å². The predicted octanol–water partition coefficient (Wildman–Crippen LogP) is -3.87. The van der Waals surface area contributed by atoms with E-state index in [2.05, 4.69) is 18.8 Å². The van der Waals surface area contributed by atoms with E-state index in [0.29, 0.717) is 0 Å². The summed E-state index contributed by atoms with van der Waals surface area (Å²) >= 11 is 0. The Balaban J connectivity index is 1.45. The minimum atomic E-state index is -5.33. The molecule has 2 fully saturated rings. The summed E-state index contributed by atoms with van der Waals surface area (Å²) in [5, 5.41) is 21.2. The van der Waals surface area contributed by atoms with Gasteiger partial charge < -0.3 is 34.5 Å². The highest BCUT2D eigenvalue weighted by molar-refractivity contribution is 7.60. The van der Waals surface area contributed by atoms with Gasteiger partial charge in [0.1, 0.15) is 25.0 Å². The zero-order valence-electron chi connectivity index (χ0n) is 14.1. The van der Waals surface area contributed by atoms with Crippen molar-refractivity contribution in [2.24, 2.45) is 15.7 Å². The number of hydrogen-bond acceptors (Lipinski definition) is 13. The molecular formula is C10H15N5O12P2. The number of fused-ring (bicyclic) bond motifs is 2. The van der Waals surface area contributed by atoms with Crippen molar-refractivity contribution >= 4 is 33.1 Å². The molecule has 4 aliphatic rings. The van der Waals surface area contributed by atoms with Gasteiger partial charge in [0.2, 0.25) is 0 Å². The molecule has 0 saturated carbocycles. The number of aliphatic hydroxyl groups excluding tert-OH is 2. The lowest BCUT2D eigenvalue weighted by atomic mass is 10.1. The molecule has 162 valence electrons. The maximum atomic E-state index is 12.1. The summed E-state index contributed by atoms with van der Waals surface area (Å²) in [6.45, 7) is -1.04. The van der Waals surface area contributed by atoms with Crippen LogP contribution in [0.1, 0.15) is 0 Å². The molecule has 0 aromatic heterocycles. The SMILES string of the molecule is N[C@]12N=C3C(=NCN3[C@@H]3O[C@H](COP(=O)(O)OP(=O)(O)O)[C@@H](O)[C@H]3O)C(=O)N1O2. The van der Waals surface area contributed by atoms with Crippen molar-refractivity contribution in [1.82, 2.24) is 9.96 Å². The summed E-state index contributed by atoms with van der Waals surface area (Å²) in [5.74, 6) is -2.38. The van der Waals surface area contributed by atoms with Crippen LogP contribution in [0.3, 0.4) is 0 Å². The van der Waals surface area contributed by atoms with Gasteiger partial charge in [0.05, 0.1) is 6.61 Å². The predicted molar refractivity (Wildman–Crippen MR) is 86.0 cm³/mol. The molecule has 0 aliphatic carbocycles. The van der Waals surface area contributed by atoms with Gasteiger partial charge in [-0.2, -0.15) is 14.1 Å². The smallest absolute Gasteiger partial charge is 0.387 e. The first-order valence-electron chi connectivity index (χ1n) is 7.81.